The number of nitrogens with one attached hydrogen (secondary N) is 1. The molecule has 0 bridgehead atoms. The van der Waals surface area contributed by atoms with Gasteiger partial charge in [-0.05, 0) is 31.5 Å². The molecule has 1 aromatic rings. The fourth-order valence-electron chi connectivity index (χ4n) is 1.92. The second-order valence-corrected chi connectivity index (χ2v) is 5.46. The lowest BCUT2D eigenvalue weighted by molar-refractivity contribution is -0.136. The molecular formula is C14H17N3O2S. The summed E-state index contributed by atoms with van der Waals surface area (Å²) in [6.45, 7) is 4.92. The minimum atomic E-state index is -0.637. The largest absolute Gasteiger partial charge is 0.316 e. The molecule has 2 amide bonds. The van der Waals surface area contributed by atoms with E-state index in [1.165, 1.54) is 16.7 Å². The van der Waals surface area contributed by atoms with Crippen LogP contribution in [-0.4, -0.2) is 35.8 Å². The van der Waals surface area contributed by atoms with Crippen LogP contribution in [0.5, 0.6) is 0 Å². The van der Waals surface area contributed by atoms with Gasteiger partial charge in [0, 0.05) is 18.0 Å². The summed E-state index contributed by atoms with van der Waals surface area (Å²) in [5.41, 5.74) is 1.78. The normalized spacial score (nSPS) is 13.8. The summed E-state index contributed by atoms with van der Waals surface area (Å²) in [5.74, 6) is -0.353. The van der Waals surface area contributed by atoms with Crippen molar-refractivity contribution in [3.8, 4) is 0 Å². The Morgan fingerprint density at radius 3 is 2.85 bits per heavy atom. The van der Waals surface area contributed by atoms with Crippen molar-refractivity contribution in [3.63, 3.8) is 0 Å². The zero-order valence-corrected chi connectivity index (χ0v) is 12.4. The number of anilines is 1. The van der Waals surface area contributed by atoms with Gasteiger partial charge in [0.2, 0.25) is 0 Å². The third-order valence-electron chi connectivity index (χ3n) is 2.87. The summed E-state index contributed by atoms with van der Waals surface area (Å²) in [6.07, 6.45) is 0. The SMILES string of the molecule is CCN(C(=O)C(=O)NC1=NCCS1)c1cccc(C)c1. The van der Waals surface area contributed by atoms with Gasteiger partial charge in [-0.15, -0.1) is 0 Å². The Labute approximate surface area is 122 Å². The Morgan fingerprint density at radius 2 is 2.25 bits per heavy atom. The molecule has 0 atom stereocenters. The predicted molar refractivity (Wildman–Crippen MR) is 82.1 cm³/mol. The van der Waals surface area contributed by atoms with Gasteiger partial charge in [0.15, 0.2) is 5.17 Å². The monoisotopic (exact) mass is 291 g/mol. The summed E-state index contributed by atoms with van der Waals surface area (Å²) >= 11 is 1.45. The average Bonchev–Trinajstić information content (AvgIpc) is 2.92. The molecule has 5 nitrogen and oxygen atoms in total. The summed E-state index contributed by atoms with van der Waals surface area (Å²) in [4.78, 5) is 29.8. The first-order valence-corrected chi connectivity index (χ1v) is 7.47. The molecule has 0 aromatic heterocycles. The topological polar surface area (TPSA) is 61.8 Å². The molecule has 0 saturated carbocycles. The van der Waals surface area contributed by atoms with Gasteiger partial charge in [-0.2, -0.15) is 0 Å². The highest BCUT2D eigenvalue weighted by atomic mass is 32.2. The molecule has 1 heterocycles. The third-order valence-corrected chi connectivity index (χ3v) is 3.77. The Bertz CT molecular complexity index is 557. The molecule has 2 rings (SSSR count). The molecular weight excluding hydrogens is 274 g/mol. The van der Waals surface area contributed by atoms with Crippen LogP contribution in [0.15, 0.2) is 29.3 Å². The van der Waals surface area contributed by atoms with E-state index in [0.717, 1.165) is 17.0 Å². The van der Waals surface area contributed by atoms with Crippen molar-refractivity contribution < 1.29 is 9.59 Å². The fourth-order valence-corrected chi connectivity index (χ4v) is 2.65. The van der Waals surface area contributed by atoms with Crippen molar-refractivity contribution in [1.82, 2.24) is 5.32 Å². The molecule has 0 fully saturated rings. The number of nitrogens with zero attached hydrogens (tertiary/aromatic N) is 2. The number of amides is 2. The summed E-state index contributed by atoms with van der Waals surface area (Å²) < 4.78 is 0. The van der Waals surface area contributed by atoms with Crippen LogP contribution in [-0.2, 0) is 9.59 Å². The van der Waals surface area contributed by atoms with E-state index in [1.54, 1.807) is 0 Å². The molecule has 1 N–H and O–H groups in total. The molecule has 0 radical (unpaired) electrons. The first-order valence-electron chi connectivity index (χ1n) is 6.48. The predicted octanol–water partition coefficient (Wildman–Crippen LogP) is 1.57. The van der Waals surface area contributed by atoms with Crippen LogP contribution in [0.25, 0.3) is 0 Å². The molecule has 0 saturated heterocycles. The number of amidine groups is 1. The fraction of sp³-hybridized carbons (Fsp3) is 0.357. The molecule has 1 aliphatic rings. The van der Waals surface area contributed by atoms with Crippen molar-refractivity contribution in [2.24, 2.45) is 4.99 Å². The van der Waals surface area contributed by atoms with Crippen molar-refractivity contribution in [3.05, 3.63) is 29.8 Å². The highest BCUT2D eigenvalue weighted by Gasteiger charge is 2.24. The molecule has 1 aliphatic heterocycles. The van der Waals surface area contributed by atoms with Gasteiger partial charge in [0.05, 0.1) is 6.54 Å². The maximum absolute atomic E-state index is 12.2. The maximum Gasteiger partial charge on any atom is 0.316 e. The second kappa shape index (κ2) is 6.56. The number of carbonyl (C=O) groups is 2. The first-order chi connectivity index (χ1) is 9.61. The van der Waals surface area contributed by atoms with Crippen LogP contribution in [0.4, 0.5) is 5.69 Å². The van der Waals surface area contributed by atoms with Crippen molar-refractivity contribution in [2.75, 3.05) is 23.7 Å². The number of rotatable bonds is 2. The van der Waals surface area contributed by atoms with E-state index in [4.69, 9.17) is 0 Å². The lowest BCUT2D eigenvalue weighted by Gasteiger charge is -2.20. The average molecular weight is 291 g/mol. The van der Waals surface area contributed by atoms with Gasteiger partial charge < -0.3 is 4.90 Å². The van der Waals surface area contributed by atoms with Gasteiger partial charge in [-0.1, -0.05) is 23.9 Å². The molecule has 0 spiro atoms. The van der Waals surface area contributed by atoms with E-state index < -0.39 is 11.8 Å². The zero-order chi connectivity index (χ0) is 14.5. The quantitative estimate of drug-likeness (QED) is 0.841. The van der Waals surface area contributed by atoms with Gasteiger partial charge in [-0.25, -0.2) is 0 Å². The van der Waals surface area contributed by atoms with Crippen LogP contribution >= 0.6 is 11.8 Å². The molecule has 0 unspecified atom stereocenters. The number of thioether (sulfide) groups is 1. The van der Waals surface area contributed by atoms with E-state index in [0.29, 0.717) is 18.3 Å². The Morgan fingerprint density at radius 1 is 1.45 bits per heavy atom. The number of aliphatic imine (C=N–C) groups is 1. The van der Waals surface area contributed by atoms with Gasteiger partial charge in [0.1, 0.15) is 0 Å². The number of likely N-dealkylation sites (N-methyl/N-ethyl adjacent to an activating group) is 1. The summed E-state index contributed by atoms with van der Waals surface area (Å²) in [5, 5.41) is 3.09. The molecule has 6 heteroatoms. The number of aryl methyl sites for hydroxylation is 1. The standard InChI is InChI=1S/C14H17N3O2S/c1-3-17(11-6-4-5-10(2)9-11)13(19)12(18)16-14-15-7-8-20-14/h4-6,9H,3,7-8H2,1-2H3,(H,15,16,18). The summed E-state index contributed by atoms with van der Waals surface area (Å²) in [6, 6.07) is 7.53. The molecule has 20 heavy (non-hydrogen) atoms. The van der Waals surface area contributed by atoms with Gasteiger partial charge in [-0.3, -0.25) is 19.9 Å². The number of hydrogen-bond donors (Lipinski definition) is 1. The van der Waals surface area contributed by atoms with E-state index in [1.807, 2.05) is 38.1 Å². The van der Waals surface area contributed by atoms with Gasteiger partial charge >= 0.3 is 11.8 Å². The Kier molecular flexibility index (Phi) is 4.79. The van der Waals surface area contributed by atoms with E-state index in [2.05, 4.69) is 10.3 Å². The molecule has 106 valence electrons. The molecule has 0 aliphatic carbocycles. The second-order valence-electron chi connectivity index (χ2n) is 4.38. The summed E-state index contributed by atoms with van der Waals surface area (Å²) in [7, 11) is 0. The van der Waals surface area contributed by atoms with E-state index in [-0.39, 0.29) is 0 Å². The smallest absolute Gasteiger partial charge is 0.304 e. The number of carbonyl (C=O) groups excluding carboxylic acids is 2. The van der Waals surface area contributed by atoms with Crippen molar-refractivity contribution in [2.45, 2.75) is 13.8 Å². The zero-order valence-electron chi connectivity index (χ0n) is 11.5. The first kappa shape index (κ1) is 14.6. The molecule has 1 aromatic carbocycles. The van der Waals surface area contributed by atoms with Gasteiger partial charge in [0.25, 0.3) is 0 Å². The highest BCUT2D eigenvalue weighted by molar-refractivity contribution is 8.14. The maximum atomic E-state index is 12.2. The van der Waals surface area contributed by atoms with Crippen molar-refractivity contribution >= 4 is 34.4 Å². The number of hydrogen-bond acceptors (Lipinski definition) is 4. The Balaban J connectivity index is 2.10. The lowest BCUT2D eigenvalue weighted by atomic mass is 10.2. The van der Waals surface area contributed by atoms with Crippen LogP contribution < -0.4 is 10.2 Å². The number of benzene rings is 1. The van der Waals surface area contributed by atoms with Crippen molar-refractivity contribution in [1.29, 1.82) is 0 Å². The minimum Gasteiger partial charge on any atom is -0.304 e. The Hall–Kier alpha value is -1.82. The van der Waals surface area contributed by atoms with Crippen LogP contribution in [0.1, 0.15) is 12.5 Å². The van der Waals surface area contributed by atoms with E-state index in [9.17, 15) is 9.59 Å². The van der Waals surface area contributed by atoms with Crippen LogP contribution in [0.2, 0.25) is 0 Å². The minimum absolute atomic E-state index is 0.440. The van der Waals surface area contributed by atoms with E-state index >= 15 is 0 Å². The highest BCUT2D eigenvalue weighted by Crippen LogP contribution is 2.16. The third kappa shape index (κ3) is 3.39. The van der Waals surface area contributed by atoms with Crippen LogP contribution in [0.3, 0.4) is 0 Å². The lowest BCUT2D eigenvalue weighted by Crippen LogP contribution is -2.44. The van der Waals surface area contributed by atoms with Crippen LogP contribution in [0, 0.1) is 6.92 Å².